The first kappa shape index (κ1) is 23.9. The molecule has 0 saturated heterocycles. The number of nitrogens with two attached hydrogens (primary N) is 2. The summed E-state index contributed by atoms with van der Waals surface area (Å²) in [6, 6.07) is 13.4. The van der Waals surface area contributed by atoms with Gasteiger partial charge in [-0.15, -0.1) is 0 Å². The van der Waals surface area contributed by atoms with Crippen LogP contribution in [-0.2, 0) is 11.3 Å². The van der Waals surface area contributed by atoms with Crippen molar-refractivity contribution in [3.8, 4) is 11.1 Å². The SMILES string of the molecule is Cc1noc(C)c1-c1ccc2nc(C(C=NCC(N)=O)=CN)nc(NCc3cccc(Cl)c3)c2c1. The molecule has 2 aromatic heterocycles. The number of hydrogen-bond donors (Lipinski definition) is 3. The smallest absolute Gasteiger partial charge is 0.239 e. The fraction of sp³-hybridized carbons (Fsp3) is 0.160. The second kappa shape index (κ2) is 10.4. The molecule has 0 fully saturated rings. The van der Waals surface area contributed by atoms with Crippen LogP contribution in [0.25, 0.3) is 27.6 Å². The van der Waals surface area contributed by atoms with Gasteiger partial charge in [0.15, 0.2) is 5.82 Å². The van der Waals surface area contributed by atoms with Gasteiger partial charge in [-0.1, -0.05) is 35.0 Å². The van der Waals surface area contributed by atoms with E-state index in [0.29, 0.717) is 34.3 Å². The minimum Gasteiger partial charge on any atom is -0.404 e. The predicted octanol–water partition coefficient (Wildman–Crippen LogP) is 4.02. The molecule has 0 unspecified atom stereocenters. The van der Waals surface area contributed by atoms with Crippen LogP contribution in [0.5, 0.6) is 0 Å². The summed E-state index contributed by atoms with van der Waals surface area (Å²) in [7, 11) is 0. The highest BCUT2D eigenvalue weighted by Crippen LogP contribution is 2.32. The third kappa shape index (κ3) is 5.47. The van der Waals surface area contributed by atoms with Crippen molar-refractivity contribution in [2.24, 2.45) is 16.5 Å². The molecular formula is C25H24ClN7O2. The van der Waals surface area contributed by atoms with Crippen LogP contribution >= 0.6 is 11.6 Å². The molecule has 5 N–H and O–H groups in total. The molecule has 0 aliphatic heterocycles. The summed E-state index contributed by atoms with van der Waals surface area (Å²) in [4.78, 5) is 24.5. The molecular weight excluding hydrogens is 466 g/mol. The summed E-state index contributed by atoms with van der Waals surface area (Å²) < 4.78 is 5.35. The van der Waals surface area contributed by atoms with Crippen molar-refractivity contribution >= 4 is 46.0 Å². The van der Waals surface area contributed by atoms with Crippen LogP contribution < -0.4 is 16.8 Å². The minimum atomic E-state index is -0.548. The van der Waals surface area contributed by atoms with E-state index < -0.39 is 5.91 Å². The quantitative estimate of drug-likeness (QED) is 0.317. The maximum atomic E-state index is 11.1. The molecule has 10 heteroatoms. The van der Waals surface area contributed by atoms with Gasteiger partial charge in [0.25, 0.3) is 0 Å². The highest BCUT2D eigenvalue weighted by Gasteiger charge is 2.16. The van der Waals surface area contributed by atoms with Crippen molar-refractivity contribution in [2.45, 2.75) is 20.4 Å². The molecule has 2 aromatic carbocycles. The van der Waals surface area contributed by atoms with E-state index in [4.69, 9.17) is 32.6 Å². The molecule has 1 amide bonds. The van der Waals surface area contributed by atoms with E-state index in [1.165, 1.54) is 12.4 Å². The van der Waals surface area contributed by atoms with Crippen molar-refractivity contribution in [3.63, 3.8) is 0 Å². The van der Waals surface area contributed by atoms with Crippen molar-refractivity contribution in [3.05, 3.63) is 76.5 Å². The topological polar surface area (TPSA) is 145 Å². The second-order valence-corrected chi connectivity index (χ2v) is 8.30. The van der Waals surface area contributed by atoms with E-state index in [2.05, 4.69) is 20.4 Å². The van der Waals surface area contributed by atoms with Gasteiger partial charge in [-0.05, 0) is 49.2 Å². The number of nitrogens with one attached hydrogen (secondary N) is 1. The van der Waals surface area contributed by atoms with Gasteiger partial charge in [0, 0.05) is 34.9 Å². The number of amides is 1. The molecule has 0 aliphatic carbocycles. The maximum Gasteiger partial charge on any atom is 0.239 e. The number of hydrogen-bond acceptors (Lipinski definition) is 8. The van der Waals surface area contributed by atoms with Crippen molar-refractivity contribution < 1.29 is 9.32 Å². The number of anilines is 1. The molecule has 0 aliphatic rings. The van der Waals surface area contributed by atoms with Crippen LogP contribution in [0.1, 0.15) is 22.8 Å². The lowest BCUT2D eigenvalue weighted by Gasteiger charge is -2.13. The molecule has 4 aromatic rings. The molecule has 178 valence electrons. The molecule has 0 saturated carbocycles. The predicted molar refractivity (Wildman–Crippen MR) is 138 cm³/mol. The van der Waals surface area contributed by atoms with Gasteiger partial charge in [0.1, 0.15) is 18.1 Å². The lowest BCUT2D eigenvalue weighted by atomic mass is 10.0. The molecule has 4 rings (SSSR count). The van der Waals surface area contributed by atoms with Gasteiger partial charge >= 0.3 is 0 Å². The Kier molecular flexibility index (Phi) is 7.07. The lowest BCUT2D eigenvalue weighted by Crippen LogP contribution is -2.14. The molecule has 0 radical (unpaired) electrons. The fourth-order valence-electron chi connectivity index (χ4n) is 3.68. The monoisotopic (exact) mass is 489 g/mol. The number of primary amides is 1. The van der Waals surface area contributed by atoms with Gasteiger partial charge in [-0.3, -0.25) is 9.79 Å². The highest BCUT2D eigenvalue weighted by molar-refractivity contribution is 6.30. The van der Waals surface area contributed by atoms with Crippen LogP contribution in [0.4, 0.5) is 5.82 Å². The van der Waals surface area contributed by atoms with Crippen molar-refractivity contribution in [1.82, 2.24) is 15.1 Å². The average Bonchev–Trinajstić information content (AvgIpc) is 3.17. The number of carbonyl (C=O) groups is 1. The number of allylic oxidation sites excluding steroid dienone is 1. The van der Waals surface area contributed by atoms with Gasteiger partial charge in [-0.25, -0.2) is 9.97 Å². The normalized spacial score (nSPS) is 11.9. The van der Waals surface area contributed by atoms with Crippen LogP contribution in [0.15, 0.2) is 58.2 Å². The zero-order valence-electron chi connectivity index (χ0n) is 19.2. The Morgan fingerprint density at radius 1 is 1.20 bits per heavy atom. The summed E-state index contributed by atoms with van der Waals surface area (Å²) in [6.07, 6.45) is 2.77. The van der Waals surface area contributed by atoms with Crippen LogP contribution in [0.2, 0.25) is 5.02 Å². The highest BCUT2D eigenvalue weighted by atomic mass is 35.5. The first-order valence-corrected chi connectivity index (χ1v) is 11.2. The number of nitrogens with zero attached hydrogens (tertiary/aromatic N) is 4. The van der Waals surface area contributed by atoms with Gasteiger partial charge in [-0.2, -0.15) is 0 Å². The minimum absolute atomic E-state index is 0.161. The third-order valence-electron chi connectivity index (χ3n) is 5.28. The summed E-state index contributed by atoms with van der Waals surface area (Å²) in [5, 5.41) is 8.91. The Morgan fingerprint density at radius 2 is 2.03 bits per heavy atom. The largest absolute Gasteiger partial charge is 0.404 e. The molecule has 35 heavy (non-hydrogen) atoms. The maximum absolute atomic E-state index is 11.1. The molecule has 2 heterocycles. The second-order valence-electron chi connectivity index (χ2n) is 7.87. The van der Waals surface area contributed by atoms with E-state index in [0.717, 1.165) is 33.5 Å². The van der Waals surface area contributed by atoms with Crippen molar-refractivity contribution in [1.29, 1.82) is 0 Å². The standard InChI is InChI=1S/C25H24ClN7O2/c1-14-23(15(2)35-33-14)17-6-7-21-20(9-17)25(30-11-16-4-3-5-19(26)8-16)32-24(31-21)18(10-27)12-29-13-22(28)34/h3-10,12H,11,13,27H2,1-2H3,(H2,28,34)(H,30,31,32). The molecule has 0 spiro atoms. The number of aryl methyl sites for hydroxylation is 2. The number of aliphatic imine (C=N–C) groups is 1. The summed E-state index contributed by atoms with van der Waals surface area (Å²) >= 11 is 6.15. The Morgan fingerprint density at radius 3 is 2.71 bits per heavy atom. The van der Waals surface area contributed by atoms with Crippen LogP contribution in [-0.4, -0.2) is 33.8 Å². The van der Waals surface area contributed by atoms with E-state index >= 15 is 0 Å². The zero-order valence-corrected chi connectivity index (χ0v) is 20.0. The Hall–Kier alpha value is -4.24. The Bertz CT molecular complexity index is 1440. The number of benzene rings is 2. The number of fused-ring (bicyclic) bond motifs is 1. The average molecular weight is 490 g/mol. The van der Waals surface area contributed by atoms with E-state index in [1.807, 2.05) is 56.3 Å². The van der Waals surface area contributed by atoms with E-state index in [9.17, 15) is 4.79 Å². The molecule has 0 atom stereocenters. The lowest BCUT2D eigenvalue weighted by molar-refractivity contribution is -0.116. The number of rotatable bonds is 8. The zero-order chi connectivity index (χ0) is 24.9. The van der Waals surface area contributed by atoms with E-state index in [-0.39, 0.29) is 6.54 Å². The summed E-state index contributed by atoms with van der Waals surface area (Å²) in [5.74, 6) is 1.13. The molecule has 9 nitrogen and oxygen atoms in total. The summed E-state index contributed by atoms with van der Waals surface area (Å²) in [6.45, 7) is 4.10. The fourth-order valence-corrected chi connectivity index (χ4v) is 3.90. The van der Waals surface area contributed by atoms with Crippen LogP contribution in [0, 0.1) is 13.8 Å². The first-order valence-electron chi connectivity index (χ1n) is 10.8. The number of halogens is 1. The van der Waals surface area contributed by atoms with Gasteiger partial charge in [0.05, 0.1) is 16.8 Å². The Balaban J connectivity index is 1.80. The van der Waals surface area contributed by atoms with Crippen molar-refractivity contribution in [2.75, 3.05) is 11.9 Å². The van der Waals surface area contributed by atoms with Gasteiger partial charge in [0.2, 0.25) is 5.91 Å². The van der Waals surface area contributed by atoms with E-state index in [1.54, 1.807) is 0 Å². The molecule has 0 bridgehead atoms. The third-order valence-corrected chi connectivity index (χ3v) is 5.52. The number of carbonyl (C=O) groups excluding carboxylic acids is 1. The van der Waals surface area contributed by atoms with Gasteiger partial charge < -0.3 is 21.3 Å². The Labute approximate surface area is 206 Å². The first-order chi connectivity index (χ1) is 16.9. The van der Waals surface area contributed by atoms with Crippen LogP contribution in [0.3, 0.4) is 0 Å². The summed E-state index contributed by atoms with van der Waals surface area (Å²) in [5.41, 5.74) is 15.8. The number of aromatic nitrogens is 3.